The van der Waals surface area contributed by atoms with E-state index < -0.39 is 0 Å². The first-order valence-corrected chi connectivity index (χ1v) is 7.30. The largest absolute Gasteiger partial charge is 0.324 e. The van der Waals surface area contributed by atoms with Gasteiger partial charge >= 0.3 is 0 Å². The van der Waals surface area contributed by atoms with Crippen LogP contribution >= 0.6 is 27.3 Å². The Kier molecular flexibility index (Phi) is 4.02. The van der Waals surface area contributed by atoms with Gasteiger partial charge < -0.3 is 5.73 Å². The zero-order chi connectivity index (χ0) is 12.4. The maximum atomic E-state index is 6.26. The van der Waals surface area contributed by atoms with Crippen LogP contribution in [-0.4, -0.2) is 0 Å². The van der Waals surface area contributed by atoms with E-state index in [0.29, 0.717) is 0 Å². The molecular weight excluding hydrogens is 294 g/mol. The number of nitrogens with two attached hydrogens (primary N) is 1. The van der Waals surface area contributed by atoms with Crippen molar-refractivity contribution in [2.24, 2.45) is 5.73 Å². The van der Waals surface area contributed by atoms with Crippen molar-refractivity contribution >= 4 is 27.3 Å². The smallest absolute Gasteiger partial charge is 0.0701 e. The third-order valence-electron chi connectivity index (χ3n) is 3.08. The first-order chi connectivity index (χ1) is 8.08. The fourth-order valence-electron chi connectivity index (χ4n) is 2.03. The molecular formula is C14H16BrNS. The van der Waals surface area contributed by atoms with Gasteiger partial charge in [-0.05, 0) is 69.9 Å². The highest BCUT2D eigenvalue weighted by molar-refractivity contribution is 9.11. The summed E-state index contributed by atoms with van der Waals surface area (Å²) in [5.41, 5.74) is 11.5. The van der Waals surface area contributed by atoms with E-state index in [1.807, 2.05) is 0 Å². The standard InChI is InChI=1S/C14H16BrNS/c1-9-4-3-5-10(2)12(9)7-13(16)11-6-14(15)17-8-11/h3-6,8,13H,7,16H2,1-2H3. The lowest BCUT2D eigenvalue weighted by molar-refractivity contribution is 0.718. The van der Waals surface area contributed by atoms with E-state index in [0.717, 1.165) is 10.2 Å². The van der Waals surface area contributed by atoms with Crippen LogP contribution in [0.1, 0.15) is 28.3 Å². The van der Waals surface area contributed by atoms with E-state index in [4.69, 9.17) is 5.73 Å². The van der Waals surface area contributed by atoms with Crippen LogP contribution in [0, 0.1) is 13.8 Å². The molecule has 0 aliphatic carbocycles. The van der Waals surface area contributed by atoms with Gasteiger partial charge in [0, 0.05) is 6.04 Å². The molecule has 0 bridgehead atoms. The van der Waals surface area contributed by atoms with E-state index in [9.17, 15) is 0 Å². The molecule has 2 N–H and O–H groups in total. The van der Waals surface area contributed by atoms with Gasteiger partial charge in [-0.3, -0.25) is 0 Å². The van der Waals surface area contributed by atoms with Crippen molar-refractivity contribution in [3.63, 3.8) is 0 Å². The molecule has 1 atom stereocenters. The van der Waals surface area contributed by atoms with E-state index in [-0.39, 0.29) is 6.04 Å². The highest BCUT2D eigenvalue weighted by atomic mass is 79.9. The zero-order valence-electron chi connectivity index (χ0n) is 10.0. The SMILES string of the molecule is Cc1cccc(C)c1CC(N)c1csc(Br)c1. The van der Waals surface area contributed by atoms with Crippen LogP contribution in [0.3, 0.4) is 0 Å². The third-order valence-corrected chi connectivity index (χ3v) is 4.61. The number of benzene rings is 1. The lowest BCUT2D eigenvalue weighted by Gasteiger charge is -2.14. The van der Waals surface area contributed by atoms with Crippen molar-refractivity contribution < 1.29 is 0 Å². The Bertz CT molecular complexity index is 498. The maximum Gasteiger partial charge on any atom is 0.0701 e. The normalized spacial score (nSPS) is 12.7. The Labute approximate surface area is 115 Å². The number of thiophene rings is 1. The number of rotatable bonds is 3. The van der Waals surface area contributed by atoms with E-state index in [1.165, 1.54) is 22.3 Å². The number of hydrogen-bond donors (Lipinski definition) is 1. The third kappa shape index (κ3) is 2.97. The maximum absolute atomic E-state index is 6.26. The van der Waals surface area contributed by atoms with Crippen molar-refractivity contribution in [3.8, 4) is 0 Å². The molecule has 0 spiro atoms. The van der Waals surface area contributed by atoms with Crippen molar-refractivity contribution in [1.29, 1.82) is 0 Å². The summed E-state index contributed by atoms with van der Waals surface area (Å²) in [6.45, 7) is 4.30. The molecule has 0 aliphatic heterocycles. The van der Waals surface area contributed by atoms with Gasteiger partial charge in [0.25, 0.3) is 0 Å². The minimum absolute atomic E-state index is 0.0809. The highest BCUT2D eigenvalue weighted by Gasteiger charge is 2.11. The summed E-state index contributed by atoms with van der Waals surface area (Å²) in [6.07, 6.45) is 0.904. The van der Waals surface area contributed by atoms with Crippen LogP contribution in [0.15, 0.2) is 33.4 Å². The van der Waals surface area contributed by atoms with Crippen LogP contribution < -0.4 is 5.73 Å². The number of aryl methyl sites for hydroxylation is 2. The van der Waals surface area contributed by atoms with E-state index in [2.05, 4.69) is 59.4 Å². The molecule has 0 saturated carbocycles. The molecule has 1 unspecified atom stereocenters. The quantitative estimate of drug-likeness (QED) is 0.895. The molecule has 90 valence electrons. The van der Waals surface area contributed by atoms with Crippen LogP contribution in [0.2, 0.25) is 0 Å². The molecule has 0 radical (unpaired) electrons. The Hall–Kier alpha value is -0.640. The summed E-state index contributed by atoms with van der Waals surface area (Å²) in [5, 5.41) is 2.13. The summed E-state index contributed by atoms with van der Waals surface area (Å²) >= 11 is 5.17. The van der Waals surface area contributed by atoms with Crippen LogP contribution in [0.5, 0.6) is 0 Å². The van der Waals surface area contributed by atoms with Crippen LogP contribution in [0.25, 0.3) is 0 Å². The second kappa shape index (κ2) is 5.34. The summed E-state index contributed by atoms with van der Waals surface area (Å²) < 4.78 is 1.14. The van der Waals surface area contributed by atoms with Gasteiger partial charge in [0.2, 0.25) is 0 Å². The molecule has 2 aromatic rings. The van der Waals surface area contributed by atoms with Gasteiger partial charge in [0.05, 0.1) is 3.79 Å². The molecule has 0 saturated heterocycles. The summed E-state index contributed by atoms with van der Waals surface area (Å²) in [5.74, 6) is 0. The van der Waals surface area contributed by atoms with Crippen molar-refractivity contribution in [1.82, 2.24) is 0 Å². The van der Waals surface area contributed by atoms with Crippen LogP contribution in [-0.2, 0) is 6.42 Å². The fourth-order valence-corrected chi connectivity index (χ4v) is 3.27. The van der Waals surface area contributed by atoms with Gasteiger partial charge in [-0.1, -0.05) is 18.2 Å². The molecule has 0 aliphatic rings. The molecule has 0 amide bonds. The fraction of sp³-hybridized carbons (Fsp3) is 0.286. The first-order valence-electron chi connectivity index (χ1n) is 5.62. The predicted octanol–water partition coefficient (Wildman–Crippen LogP) is 4.37. The average molecular weight is 310 g/mol. The van der Waals surface area contributed by atoms with Crippen molar-refractivity contribution in [2.45, 2.75) is 26.3 Å². The lowest BCUT2D eigenvalue weighted by atomic mass is 9.94. The Morgan fingerprint density at radius 3 is 2.47 bits per heavy atom. The molecule has 1 nitrogen and oxygen atoms in total. The van der Waals surface area contributed by atoms with Crippen molar-refractivity contribution in [2.75, 3.05) is 0 Å². The van der Waals surface area contributed by atoms with E-state index in [1.54, 1.807) is 11.3 Å². The monoisotopic (exact) mass is 309 g/mol. The highest BCUT2D eigenvalue weighted by Crippen LogP contribution is 2.27. The van der Waals surface area contributed by atoms with Crippen molar-refractivity contribution in [3.05, 3.63) is 55.7 Å². The number of hydrogen-bond acceptors (Lipinski definition) is 2. The Balaban J connectivity index is 2.21. The van der Waals surface area contributed by atoms with Gasteiger partial charge in [-0.2, -0.15) is 0 Å². The van der Waals surface area contributed by atoms with Gasteiger partial charge in [-0.25, -0.2) is 0 Å². The molecule has 17 heavy (non-hydrogen) atoms. The minimum atomic E-state index is 0.0809. The predicted molar refractivity (Wildman–Crippen MR) is 78.6 cm³/mol. The topological polar surface area (TPSA) is 26.0 Å². The average Bonchev–Trinajstić information content (AvgIpc) is 2.70. The first kappa shape index (κ1) is 12.8. The van der Waals surface area contributed by atoms with Crippen LogP contribution in [0.4, 0.5) is 0 Å². The number of halogens is 1. The Morgan fingerprint density at radius 2 is 1.94 bits per heavy atom. The molecule has 3 heteroatoms. The van der Waals surface area contributed by atoms with E-state index >= 15 is 0 Å². The van der Waals surface area contributed by atoms with Gasteiger partial charge in [-0.15, -0.1) is 11.3 Å². The second-order valence-corrected chi connectivity index (χ2v) is 6.66. The van der Waals surface area contributed by atoms with Gasteiger partial charge in [0.1, 0.15) is 0 Å². The zero-order valence-corrected chi connectivity index (χ0v) is 12.4. The summed E-state index contributed by atoms with van der Waals surface area (Å²) in [7, 11) is 0. The molecule has 2 rings (SSSR count). The molecule has 1 heterocycles. The second-order valence-electron chi connectivity index (χ2n) is 4.37. The lowest BCUT2D eigenvalue weighted by Crippen LogP contribution is -2.13. The molecule has 0 fully saturated rings. The Morgan fingerprint density at radius 1 is 1.29 bits per heavy atom. The molecule has 1 aromatic heterocycles. The summed E-state index contributed by atoms with van der Waals surface area (Å²) in [4.78, 5) is 0. The summed E-state index contributed by atoms with van der Waals surface area (Å²) in [6, 6.07) is 8.60. The minimum Gasteiger partial charge on any atom is -0.324 e. The van der Waals surface area contributed by atoms with Gasteiger partial charge in [0.15, 0.2) is 0 Å². The molecule has 1 aromatic carbocycles.